The van der Waals surface area contributed by atoms with Crippen molar-refractivity contribution < 1.29 is 9.47 Å². The van der Waals surface area contributed by atoms with Gasteiger partial charge in [0.05, 0.1) is 19.4 Å². The minimum atomic E-state index is 0.683. The van der Waals surface area contributed by atoms with Crippen LogP contribution in [0.25, 0.3) is 11.3 Å². The first kappa shape index (κ1) is 12.4. The molecule has 0 bridgehead atoms. The summed E-state index contributed by atoms with van der Waals surface area (Å²) in [6, 6.07) is 11.7. The third-order valence-corrected chi connectivity index (χ3v) is 2.59. The van der Waals surface area contributed by atoms with E-state index < -0.39 is 0 Å². The maximum Gasteiger partial charge on any atom is 0.161 e. The van der Waals surface area contributed by atoms with Gasteiger partial charge in [0.2, 0.25) is 0 Å². The number of hydrogen-bond donors (Lipinski definition) is 0. The second kappa shape index (κ2) is 6.05. The van der Waals surface area contributed by atoms with Gasteiger partial charge in [0.1, 0.15) is 0 Å². The number of aromatic nitrogens is 1. The lowest BCUT2D eigenvalue weighted by Gasteiger charge is -2.11. The van der Waals surface area contributed by atoms with Gasteiger partial charge in [-0.1, -0.05) is 13.0 Å². The maximum absolute atomic E-state index is 5.69. The minimum Gasteiger partial charge on any atom is -0.493 e. The van der Waals surface area contributed by atoms with Crippen molar-refractivity contribution in [2.24, 2.45) is 0 Å². The summed E-state index contributed by atoms with van der Waals surface area (Å²) >= 11 is 0. The van der Waals surface area contributed by atoms with Crippen LogP contribution in [0.3, 0.4) is 0 Å². The van der Waals surface area contributed by atoms with Crippen LogP contribution in [0.15, 0.2) is 42.6 Å². The molecule has 0 saturated carbocycles. The van der Waals surface area contributed by atoms with Crippen LogP contribution in [0.5, 0.6) is 11.5 Å². The maximum atomic E-state index is 5.69. The molecular weight excluding hydrogens is 226 g/mol. The van der Waals surface area contributed by atoms with Crippen LogP contribution in [0.1, 0.15) is 13.3 Å². The van der Waals surface area contributed by atoms with Crippen LogP contribution in [0.2, 0.25) is 0 Å². The van der Waals surface area contributed by atoms with Crippen molar-refractivity contribution in [3.8, 4) is 22.8 Å². The standard InChI is InChI=1S/C15H17NO2/c1-3-10-18-15-11-12(7-8-14(15)17-2)13-6-4-5-9-16-13/h4-9,11H,3,10H2,1-2H3. The normalized spacial score (nSPS) is 10.1. The second-order valence-electron chi connectivity index (χ2n) is 3.93. The summed E-state index contributed by atoms with van der Waals surface area (Å²) in [5.41, 5.74) is 1.96. The molecule has 0 radical (unpaired) electrons. The SMILES string of the molecule is CCCOc1cc(-c2ccccn2)ccc1OC. The van der Waals surface area contributed by atoms with E-state index >= 15 is 0 Å². The number of methoxy groups -OCH3 is 1. The topological polar surface area (TPSA) is 31.4 Å². The lowest BCUT2D eigenvalue weighted by atomic mass is 10.1. The fourth-order valence-electron chi connectivity index (χ4n) is 1.69. The Balaban J connectivity index is 2.33. The third-order valence-electron chi connectivity index (χ3n) is 2.59. The largest absolute Gasteiger partial charge is 0.493 e. The van der Waals surface area contributed by atoms with E-state index in [1.54, 1.807) is 13.3 Å². The average molecular weight is 243 g/mol. The Labute approximate surface area is 107 Å². The predicted molar refractivity (Wildman–Crippen MR) is 72.0 cm³/mol. The zero-order valence-electron chi connectivity index (χ0n) is 10.7. The van der Waals surface area contributed by atoms with Crippen molar-refractivity contribution in [3.05, 3.63) is 42.6 Å². The first-order valence-electron chi connectivity index (χ1n) is 6.07. The van der Waals surface area contributed by atoms with Gasteiger partial charge in [-0.2, -0.15) is 0 Å². The van der Waals surface area contributed by atoms with Gasteiger partial charge < -0.3 is 9.47 Å². The highest BCUT2D eigenvalue weighted by Crippen LogP contribution is 2.31. The highest BCUT2D eigenvalue weighted by atomic mass is 16.5. The molecule has 0 atom stereocenters. The summed E-state index contributed by atoms with van der Waals surface area (Å²) in [5, 5.41) is 0. The summed E-state index contributed by atoms with van der Waals surface area (Å²) in [5.74, 6) is 1.52. The van der Waals surface area contributed by atoms with Gasteiger partial charge in [-0.3, -0.25) is 4.98 Å². The molecule has 0 aliphatic rings. The number of nitrogens with zero attached hydrogens (tertiary/aromatic N) is 1. The molecule has 0 fully saturated rings. The molecule has 18 heavy (non-hydrogen) atoms. The van der Waals surface area contributed by atoms with Crippen molar-refractivity contribution in [2.75, 3.05) is 13.7 Å². The summed E-state index contributed by atoms with van der Waals surface area (Å²) in [6.45, 7) is 2.76. The van der Waals surface area contributed by atoms with Gasteiger partial charge in [-0.25, -0.2) is 0 Å². The predicted octanol–water partition coefficient (Wildman–Crippen LogP) is 3.55. The van der Waals surface area contributed by atoms with E-state index in [0.29, 0.717) is 6.61 Å². The zero-order valence-corrected chi connectivity index (χ0v) is 10.7. The van der Waals surface area contributed by atoms with Crippen molar-refractivity contribution in [3.63, 3.8) is 0 Å². The molecule has 0 amide bonds. The lowest BCUT2D eigenvalue weighted by molar-refractivity contribution is 0.294. The van der Waals surface area contributed by atoms with Gasteiger partial charge in [-0.05, 0) is 36.8 Å². The molecule has 3 heteroatoms. The fraction of sp³-hybridized carbons (Fsp3) is 0.267. The van der Waals surface area contributed by atoms with Crippen LogP contribution < -0.4 is 9.47 Å². The van der Waals surface area contributed by atoms with E-state index in [4.69, 9.17) is 9.47 Å². The van der Waals surface area contributed by atoms with E-state index in [1.165, 1.54) is 0 Å². The molecular formula is C15H17NO2. The van der Waals surface area contributed by atoms with Gasteiger partial charge in [0.15, 0.2) is 11.5 Å². The van der Waals surface area contributed by atoms with Crippen LogP contribution in [-0.2, 0) is 0 Å². The lowest BCUT2D eigenvalue weighted by Crippen LogP contribution is -1.98. The van der Waals surface area contributed by atoms with E-state index in [1.807, 2.05) is 36.4 Å². The Kier molecular flexibility index (Phi) is 4.18. The monoisotopic (exact) mass is 243 g/mol. The third kappa shape index (κ3) is 2.80. The number of benzene rings is 1. The molecule has 2 aromatic rings. The average Bonchev–Trinajstić information content (AvgIpc) is 2.45. The summed E-state index contributed by atoms with van der Waals surface area (Å²) in [6.07, 6.45) is 2.75. The highest BCUT2D eigenvalue weighted by molar-refractivity contribution is 5.63. The van der Waals surface area contributed by atoms with Crippen molar-refractivity contribution in [1.29, 1.82) is 0 Å². The van der Waals surface area contributed by atoms with Crippen molar-refractivity contribution >= 4 is 0 Å². The van der Waals surface area contributed by atoms with Crippen LogP contribution in [-0.4, -0.2) is 18.7 Å². The van der Waals surface area contributed by atoms with Crippen molar-refractivity contribution in [1.82, 2.24) is 4.98 Å². The Morgan fingerprint density at radius 3 is 2.67 bits per heavy atom. The summed E-state index contributed by atoms with van der Waals surface area (Å²) < 4.78 is 11.0. The van der Waals surface area contributed by atoms with Crippen LogP contribution in [0, 0.1) is 0 Å². The fourth-order valence-corrected chi connectivity index (χ4v) is 1.69. The van der Waals surface area contributed by atoms with Gasteiger partial charge in [0.25, 0.3) is 0 Å². The molecule has 0 saturated heterocycles. The minimum absolute atomic E-state index is 0.683. The molecule has 94 valence electrons. The van der Waals surface area contributed by atoms with Crippen molar-refractivity contribution in [2.45, 2.75) is 13.3 Å². The molecule has 0 N–H and O–H groups in total. The highest BCUT2D eigenvalue weighted by Gasteiger charge is 2.07. The molecule has 0 unspecified atom stereocenters. The Bertz CT molecular complexity index is 497. The van der Waals surface area contributed by atoms with E-state index in [-0.39, 0.29) is 0 Å². The zero-order chi connectivity index (χ0) is 12.8. The van der Waals surface area contributed by atoms with Crippen LogP contribution in [0.4, 0.5) is 0 Å². The molecule has 3 nitrogen and oxygen atoms in total. The number of rotatable bonds is 5. The molecule has 1 aromatic carbocycles. The van der Waals surface area contributed by atoms with Crippen LogP contribution >= 0.6 is 0 Å². The smallest absolute Gasteiger partial charge is 0.161 e. The first-order chi connectivity index (χ1) is 8.85. The molecule has 0 aliphatic carbocycles. The number of ether oxygens (including phenoxy) is 2. The molecule has 1 heterocycles. The van der Waals surface area contributed by atoms with Gasteiger partial charge in [0, 0.05) is 11.8 Å². The van der Waals surface area contributed by atoms with E-state index in [0.717, 1.165) is 29.2 Å². The molecule has 1 aromatic heterocycles. The second-order valence-corrected chi connectivity index (χ2v) is 3.93. The quantitative estimate of drug-likeness (QED) is 0.804. The Hall–Kier alpha value is -2.03. The first-order valence-corrected chi connectivity index (χ1v) is 6.07. The summed E-state index contributed by atoms with van der Waals surface area (Å²) in [4.78, 5) is 4.33. The van der Waals surface area contributed by atoms with Gasteiger partial charge in [-0.15, -0.1) is 0 Å². The summed E-state index contributed by atoms with van der Waals surface area (Å²) in [7, 11) is 1.65. The molecule has 2 rings (SSSR count). The number of hydrogen-bond acceptors (Lipinski definition) is 3. The Morgan fingerprint density at radius 2 is 2.00 bits per heavy atom. The van der Waals surface area contributed by atoms with E-state index in [9.17, 15) is 0 Å². The Morgan fingerprint density at radius 1 is 1.11 bits per heavy atom. The van der Waals surface area contributed by atoms with Gasteiger partial charge >= 0.3 is 0 Å². The molecule has 0 spiro atoms. The van der Waals surface area contributed by atoms with E-state index in [2.05, 4.69) is 11.9 Å². The molecule has 0 aliphatic heterocycles. The number of pyridine rings is 1.